The highest BCUT2D eigenvalue weighted by atomic mass is 32.2. The summed E-state index contributed by atoms with van der Waals surface area (Å²) in [4.78, 5) is 12.7. The molecule has 0 spiro atoms. The van der Waals surface area contributed by atoms with E-state index in [2.05, 4.69) is 41.5 Å². The first kappa shape index (κ1) is 22.9. The van der Waals surface area contributed by atoms with Gasteiger partial charge in [-0.2, -0.15) is 0 Å². The summed E-state index contributed by atoms with van der Waals surface area (Å²) in [7, 11) is 0. The van der Waals surface area contributed by atoms with E-state index in [0.717, 1.165) is 51.9 Å². The number of rotatable bonds is 10. The molecule has 0 bridgehead atoms. The Morgan fingerprint density at radius 1 is 1.00 bits per heavy atom. The van der Waals surface area contributed by atoms with Crippen molar-refractivity contribution in [1.82, 2.24) is 14.8 Å². The zero-order chi connectivity index (χ0) is 22.2. The third-order valence-corrected chi connectivity index (χ3v) is 6.02. The molecule has 0 fully saturated rings. The minimum absolute atomic E-state index is 0.0393. The van der Waals surface area contributed by atoms with Crippen LogP contribution < -0.4 is 10.1 Å². The van der Waals surface area contributed by atoms with Gasteiger partial charge in [0.2, 0.25) is 5.91 Å². The quantitative estimate of drug-likeness (QED) is 0.440. The second-order valence-corrected chi connectivity index (χ2v) is 7.92. The number of carbonyl (C=O) groups excluding carboxylic acids is 1. The lowest BCUT2D eigenvalue weighted by Gasteiger charge is -2.14. The van der Waals surface area contributed by atoms with E-state index in [-0.39, 0.29) is 11.7 Å². The smallest absolute Gasteiger partial charge is 0.234 e. The van der Waals surface area contributed by atoms with Gasteiger partial charge in [-0.25, -0.2) is 0 Å². The van der Waals surface area contributed by atoms with Gasteiger partial charge in [0.1, 0.15) is 5.75 Å². The highest BCUT2D eigenvalue weighted by Gasteiger charge is 2.18. The van der Waals surface area contributed by atoms with Crippen LogP contribution in [0.5, 0.6) is 5.75 Å². The molecule has 1 heterocycles. The zero-order valence-electron chi connectivity index (χ0n) is 18.6. The lowest BCUT2D eigenvalue weighted by Crippen LogP contribution is -2.17. The number of hydrogen-bond donors (Lipinski definition) is 1. The first-order valence-electron chi connectivity index (χ1n) is 10.8. The topological polar surface area (TPSA) is 69.0 Å². The molecule has 7 heteroatoms. The maximum absolute atomic E-state index is 12.7. The average Bonchev–Trinajstić information content (AvgIpc) is 3.21. The standard InChI is InChI=1S/C24H30N4O2S/c1-5-17-12-11-13-18(6-2)22(17)25-21(29)16-31-24-27-26-23(28(24)7-3)19-14-9-10-15-20(19)30-8-4/h9-15H,5-8,16H2,1-4H3,(H,25,29). The number of aryl methyl sites for hydroxylation is 2. The van der Waals surface area contributed by atoms with E-state index in [0.29, 0.717) is 13.2 Å². The van der Waals surface area contributed by atoms with E-state index in [1.807, 2.05) is 48.7 Å². The van der Waals surface area contributed by atoms with E-state index in [4.69, 9.17) is 4.74 Å². The Morgan fingerprint density at radius 2 is 1.71 bits per heavy atom. The first-order valence-corrected chi connectivity index (χ1v) is 11.8. The van der Waals surface area contributed by atoms with Crippen LogP contribution in [0.25, 0.3) is 11.4 Å². The number of nitrogens with zero attached hydrogens (tertiary/aromatic N) is 3. The van der Waals surface area contributed by atoms with Crippen molar-refractivity contribution in [3.63, 3.8) is 0 Å². The predicted octanol–water partition coefficient (Wildman–Crippen LogP) is 5.22. The summed E-state index contributed by atoms with van der Waals surface area (Å²) in [5, 5.41) is 12.6. The Balaban J connectivity index is 1.76. The van der Waals surface area contributed by atoms with Crippen LogP contribution in [0, 0.1) is 0 Å². The fraction of sp³-hybridized carbons (Fsp3) is 0.375. The van der Waals surface area contributed by atoms with Crippen molar-refractivity contribution in [2.24, 2.45) is 0 Å². The molecule has 0 aliphatic carbocycles. The van der Waals surface area contributed by atoms with E-state index in [1.54, 1.807) is 0 Å². The summed E-state index contributed by atoms with van der Waals surface area (Å²) in [6.45, 7) is 9.49. The van der Waals surface area contributed by atoms with Crippen molar-refractivity contribution in [1.29, 1.82) is 0 Å². The third-order valence-electron chi connectivity index (χ3n) is 5.06. The van der Waals surface area contributed by atoms with Gasteiger partial charge in [0.25, 0.3) is 0 Å². The van der Waals surface area contributed by atoms with E-state index < -0.39 is 0 Å². The van der Waals surface area contributed by atoms with Gasteiger partial charge < -0.3 is 14.6 Å². The van der Waals surface area contributed by atoms with Crippen LogP contribution in [0.3, 0.4) is 0 Å². The number of thioether (sulfide) groups is 1. The van der Waals surface area contributed by atoms with Gasteiger partial charge >= 0.3 is 0 Å². The lowest BCUT2D eigenvalue weighted by molar-refractivity contribution is -0.113. The van der Waals surface area contributed by atoms with Crippen LogP contribution in [0.2, 0.25) is 0 Å². The number of amides is 1. The summed E-state index contributed by atoms with van der Waals surface area (Å²) in [5.41, 5.74) is 4.16. The molecule has 164 valence electrons. The molecule has 0 saturated carbocycles. The molecule has 3 aromatic rings. The molecule has 0 saturated heterocycles. The summed E-state index contributed by atoms with van der Waals surface area (Å²) >= 11 is 1.40. The molecule has 0 aliphatic heterocycles. The maximum Gasteiger partial charge on any atom is 0.234 e. The second-order valence-electron chi connectivity index (χ2n) is 6.97. The van der Waals surface area contributed by atoms with Gasteiger partial charge in [-0.15, -0.1) is 10.2 Å². The van der Waals surface area contributed by atoms with Crippen LogP contribution in [0.15, 0.2) is 47.6 Å². The number of anilines is 1. The minimum Gasteiger partial charge on any atom is -0.493 e. The van der Waals surface area contributed by atoms with Crippen LogP contribution in [-0.4, -0.2) is 33.0 Å². The molecule has 31 heavy (non-hydrogen) atoms. The number of ether oxygens (including phenoxy) is 1. The Hall–Kier alpha value is -2.80. The SMILES string of the molecule is CCOc1ccccc1-c1nnc(SCC(=O)Nc2c(CC)cccc2CC)n1CC. The Kier molecular flexibility index (Phi) is 8.12. The number of nitrogens with one attached hydrogen (secondary N) is 1. The molecule has 2 aromatic carbocycles. The molecule has 0 radical (unpaired) electrons. The lowest BCUT2D eigenvalue weighted by atomic mass is 10.0. The molecular formula is C24H30N4O2S. The van der Waals surface area contributed by atoms with Gasteiger partial charge in [-0.3, -0.25) is 4.79 Å². The van der Waals surface area contributed by atoms with E-state index in [1.165, 1.54) is 11.8 Å². The highest BCUT2D eigenvalue weighted by molar-refractivity contribution is 7.99. The fourth-order valence-corrected chi connectivity index (χ4v) is 4.32. The number of hydrogen-bond acceptors (Lipinski definition) is 5. The number of para-hydroxylation sites is 2. The predicted molar refractivity (Wildman–Crippen MR) is 127 cm³/mol. The normalized spacial score (nSPS) is 10.8. The molecule has 0 unspecified atom stereocenters. The Labute approximate surface area is 188 Å². The van der Waals surface area contributed by atoms with Gasteiger partial charge in [0, 0.05) is 12.2 Å². The second kappa shape index (κ2) is 11.0. The van der Waals surface area contributed by atoms with E-state index >= 15 is 0 Å². The van der Waals surface area contributed by atoms with Gasteiger partial charge in [-0.1, -0.05) is 55.9 Å². The number of carbonyl (C=O) groups is 1. The third kappa shape index (κ3) is 5.28. The summed E-state index contributed by atoms with van der Waals surface area (Å²) in [6, 6.07) is 14.0. The molecule has 1 N–H and O–H groups in total. The molecule has 1 amide bonds. The van der Waals surface area contributed by atoms with Crippen molar-refractivity contribution in [2.75, 3.05) is 17.7 Å². The van der Waals surface area contributed by atoms with Crippen LogP contribution in [0.4, 0.5) is 5.69 Å². The molecular weight excluding hydrogens is 408 g/mol. The van der Waals surface area contributed by atoms with Gasteiger partial charge in [-0.05, 0) is 49.9 Å². The van der Waals surface area contributed by atoms with Gasteiger partial charge in [0.15, 0.2) is 11.0 Å². The molecule has 1 aromatic heterocycles. The number of aromatic nitrogens is 3. The highest BCUT2D eigenvalue weighted by Crippen LogP contribution is 2.31. The monoisotopic (exact) mass is 438 g/mol. The van der Waals surface area contributed by atoms with Crippen LogP contribution in [0.1, 0.15) is 38.8 Å². The van der Waals surface area contributed by atoms with Crippen LogP contribution >= 0.6 is 11.8 Å². The van der Waals surface area contributed by atoms with Gasteiger partial charge in [0.05, 0.1) is 17.9 Å². The van der Waals surface area contributed by atoms with Crippen molar-refractivity contribution < 1.29 is 9.53 Å². The van der Waals surface area contributed by atoms with Crippen molar-refractivity contribution in [3.8, 4) is 17.1 Å². The van der Waals surface area contributed by atoms with E-state index in [9.17, 15) is 4.79 Å². The Morgan fingerprint density at radius 3 is 2.35 bits per heavy atom. The molecule has 0 atom stereocenters. The number of benzene rings is 2. The van der Waals surface area contributed by atoms with Crippen molar-refractivity contribution >= 4 is 23.4 Å². The Bertz CT molecular complexity index is 1010. The molecule has 3 rings (SSSR count). The van der Waals surface area contributed by atoms with Crippen LogP contribution in [-0.2, 0) is 24.2 Å². The summed E-state index contributed by atoms with van der Waals surface area (Å²) in [6.07, 6.45) is 1.76. The van der Waals surface area contributed by atoms with Crippen molar-refractivity contribution in [3.05, 3.63) is 53.6 Å². The summed E-state index contributed by atoms with van der Waals surface area (Å²) < 4.78 is 7.78. The first-order chi connectivity index (χ1) is 15.1. The average molecular weight is 439 g/mol. The molecule has 0 aliphatic rings. The maximum atomic E-state index is 12.7. The summed E-state index contributed by atoms with van der Waals surface area (Å²) in [5.74, 6) is 1.76. The minimum atomic E-state index is -0.0393. The fourth-order valence-electron chi connectivity index (χ4n) is 3.52. The van der Waals surface area contributed by atoms with Crippen molar-refractivity contribution in [2.45, 2.75) is 52.2 Å². The largest absolute Gasteiger partial charge is 0.493 e. The molecule has 6 nitrogen and oxygen atoms in total. The zero-order valence-corrected chi connectivity index (χ0v) is 19.5.